The first kappa shape index (κ1) is 11.1. The van der Waals surface area contributed by atoms with Gasteiger partial charge in [0.05, 0.1) is 0 Å². The normalized spacial score (nSPS) is 12.2. The number of pyridine rings is 1. The maximum Gasteiger partial charge on any atom is 0.320 e. The van der Waals surface area contributed by atoms with Crippen molar-refractivity contribution in [1.29, 1.82) is 5.26 Å². The fourth-order valence-corrected chi connectivity index (χ4v) is 1.55. The minimum Gasteiger partial charge on any atom is -0.480 e. The van der Waals surface area contributed by atoms with Crippen molar-refractivity contribution in [2.75, 3.05) is 0 Å². The monoisotopic (exact) mass is 230 g/mol. The molecule has 6 nitrogen and oxygen atoms in total. The number of hydrogen-bond donors (Lipinski definition) is 2. The summed E-state index contributed by atoms with van der Waals surface area (Å²) >= 11 is 0. The van der Waals surface area contributed by atoms with Crippen molar-refractivity contribution in [3.63, 3.8) is 0 Å². The van der Waals surface area contributed by atoms with Gasteiger partial charge in [0, 0.05) is 12.4 Å². The molecule has 3 N–H and O–H groups in total. The van der Waals surface area contributed by atoms with E-state index in [1.54, 1.807) is 28.9 Å². The second-order valence-electron chi connectivity index (χ2n) is 3.69. The molecule has 0 aliphatic rings. The third-order valence-corrected chi connectivity index (χ3v) is 2.40. The van der Waals surface area contributed by atoms with Gasteiger partial charge in [-0.05, 0) is 18.1 Å². The van der Waals surface area contributed by atoms with E-state index in [0.29, 0.717) is 11.3 Å². The Kier molecular flexibility index (Phi) is 2.77. The fraction of sp³-hybridized carbons (Fsp3) is 0.182. The van der Waals surface area contributed by atoms with Gasteiger partial charge in [0.1, 0.15) is 17.8 Å². The second-order valence-corrected chi connectivity index (χ2v) is 3.69. The van der Waals surface area contributed by atoms with Gasteiger partial charge in [0.15, 0.2) is 5.69 Å². The topological polar surface area (TPSA) is 104 Å². The summed E-state index contributed by atoms with van der Waals surface area (Å²) < 4.78 is 1.68. The van der Waals surface area contributed by atoms with E-state index in [4.69, 9.17) is 16.1 Å². The molecule has 0 aromatic carbocycles. The van der Waals surface area contributed by atoms with E-state index in [1.165, 1.54) is 0 Å². The molecule has 2 aromatic rings. The van der Waals surface area contributed by atoms with Gasteiger partial charge >= 0.3 is 5.97 Å². The van der Waals surface area contributed by atoms with Crippen molar-refractivity contribution >= 4 is 11.6 Å². The lowest BCUT2D eigenvalue weighted by Gasteiger charge is -2.06. The van der Waals surface area contributed by atoms with E-state index < -0.39 is 12.0 Å². The van der Waals surface area contributed by atoms with Crippen LogP contribution in [0.2, 0.25) is 0 Å². The number of imidazole rings is 1. The molecule has 86 valence electrons. The summed E-state index contributed by atoms with van der Waals surface area (Å²) in [5, 5.41) is 17.4. The number of fused-ring (bicyclic) bond motifs is 1. The van der Waals surface area contributed by atoms with Crippen LogP contribution in [0.3, 0.4) is 0 Å². The molecule has 0 amide bonds. The van der Waals surface area contributed by atoms with Gasteiger partial charge in [-0.3, -0.25) is 4.79 Å². The number of rotatable bonds is 3. The zero-order valence-electron chi connectivity index (χ0n) is 8.87. The minimum absolute atomic E-state index is 0.241. The third kappa shape index (κ3) is 2.24. The van der Waals surface area contributed by atoms with Crippen LogP contribution in [-0.4, -0.2) is 26.5 Å². The molecule has 0 spiro atoms. The van der Waals surface area contributed by atoms with Crippen LogP contribution in [0.15, 0.2) is 24.5 Å². The standard InChI is InChI=1S/C11H10N4O2/c12-4-8-6-15-5-7(1-2-10(15)14-8)3-9(13)11(16)17/h1-2,5-6,9H,3,13H2,(H,16,17)/t9-/m0/s1. The summed E-state index contributed by atoms with van der Waals surface area (Å²) in [5.74, 6) is -1.03. The fourth-order valence-electron chi connectivity index (χ4n) is 1.55. The van der Waals surface area contributed by atoms with Gasteiger partial charge in [0.25, 0.3) is 0 Å². The average Bonchev–Trinajstić information content (AvgIpc) is 2.70. The van der Waals surface area contributed by atoms with E-state index in [0.717, 1.165) is 5.56 Å². The average molecular weight is 230 g/mol. The lowest BCUT2D eigenvalue weighted by Crippen LogP contribution is -2.32. The predicted octanol–water partition coefficient (Wildman–Crippen LogP) is 0.160. The Labute approximate surface area is 96.9 Å². The highest BCUT2D eigenvalue weighted by Crippen LogP contribution is 2.09. The summed E-state index contributed by atoms with van der Waals surface area (Å²) in [7, 11) is 0. The zero-order valence-corrected chi connectivity index (χ0v) is 8.87. The first-order valence-corrected chi connectivity index (χ1v) is 4.96. The van der Waals surface area contributed by atoms with Crippen molar-refractivity contribution in [3.05, 3.63) is 35.8 Å². The Morgan fingerprint density at radius 1 is 1.59 bits per heavy atom. The summed E-state index contributed by atoms with van der Waals surface area (Å²) in [6.07, 6.45) is 3.56. The molecule has 2 heterocycles. The van der Waals surface area contributed by atoms with E-state index in [2.05, 4.69) is 4.98 Å². The molecule has 0 radical (unpaired) electrons. The molecule has 2 aromatic heterocycles. The van der Waals surface area contributed by atoms with Crippen molar-refractivity contribution in [2.45, 2.75) is 12.5 Å². The predicted molar refractivity (Wildman–Crippen MR) is 59.2 cm³/mol. The van der Waals surface area contributed by atoms with Crippen molar-refractivity contribution in [2.24, 2.45) is 5.73 Å². The van der Waals surface area contributed by atoms with Crippen LogP contribution in [0.4, 0.5) is 0 Å². The number of carboxylic acid groups (broad SMARTS) is 1. The van der Waals surface area contributed by atoms with Gasteiger partial charge < -0.3 is 15.2 Å². The highest BCUT2D eigenvalue weighted by atomic mass is 16.4. The van der Waals surface area contributed by atoms with Gasteiger partial charge in [-0.25, -0.2) is 4.98 Å². The SMILES string of the molecule is N#Cc1cn2cc(C[C@H](N)C(=O)O)ccc2n1. The first-order valence-electron chi connectivity index (χ1n) is 4.96. The molecular weight excluding hydrogens is 220 g/mol. The van der Waals surface area contributed by atoms with Crippen molar-refractivity contribution in [3.8, 4) is 6.07 Å². The van der Waals surface area contributed by atoms with Gasteiger partial charge in [-0.15, -0.1) is 0 Å². The lowest BCUT2D eigenvalue weighted by atomic mass is 10.1. The van der Waals surface area contributed by atoms with Crippen LogP contribution in [0.1, 0.15) is 11.3 Å². The third-order valence-electron chi connectivity index (χ3n) is 2.40. The highest BCUT2D eigenvalue weighted by Gasteiger charge is 2.12. The lowest BCUT2D eigenvalue weighted by molar-refractivity contribution is -0.138. The number of hydrogen-bond acceptors (Lipinski definition) is 4. The largest absolute Gasteiger partial charge is 0.480 e. The summed E-state index contributed by atoms with van der Waals surface area (Å²) in [6.45, 7) is 0. The maximum atomic E-state index is 10.6. The molecule has 0 saturated carbocycles. The molecule has 6 heteroatoms. The molecule has 0 aliphatic carbocycles. The Bertz CT molecular complexity index is 611. The number of aromatic nitrogens is 2. The smallest absolute Gasteiger partial charge is 0.320 e. The summed E-state index contributed by atoms with van der Waals surface area (Å²) in [6, 6.07) is 4.50. The Morgan fingerprint density at radius 2 is 2.35 bits per heavy atom. The molecule has 0 saturated heterocycles. The summed E-state index contributed by atoms with van der Waals surface area (Å²) in [4.78, 5) is 14.7. The van der Waals surface area contributed by atoms with E-state index >= 15 is 0 Å². The van der Waals surface area contributed by atoms with Crippen molar-refractivity contribution in [1.82, 2.24) is 9.38 Å². The summed E-state index contributed by atoms with van der Waals surface area (Å²) in [5.41, 5.74) is 7.20. The van der Waals surface area contributed by atoms with E-state index in [1.807, 2.05) is 6.07 Å². The highest BCUT2D eigenvalue weighted by molar-refractivity contribution is 5.73. The molecule has 0 bridgehead atoms. The van der Waals surface area contributed by atoms with Crippen molar-refractivity contribution < 1.29 is 9.90 Å². The Morgan fingerprint density at radius 3 is 3.00 bits per heavy atom. The van der Waals surface area contributed by atoms with Gasteiger partial charge in [-0.1, -0.05) is 6.07 Å². The van der Waals surface area contributed by atoms with Crippen LogP contribution >= 0.6 is 0 Å². The minimum atomic E-state index is -1.03. The Hall–Kier alpha value is -2.39. The first-order chi connectivity index (χ1) is 8.10. The number of aliphatic carboxylic acids is 1. The maximum absolute atomic E-state index is 10.6. The van der Waals surface area contributed by atoms with Crippen LogP contribution in [0, 0.1) is 11.3 Å². The second kappa shape index (κ2) is 4.23. The molecular formula is C11H10N4O2. The van der Waals surface area contributed by atoms with E-state index in [-0.39, 0.29) is 6.42 Å². The molecule has 17 heavy (non-hydrogen) atoms. The number of nitrogens with two attached hydrogens (primary N) is 1. The number of nitriles is 1. The Balaban J connectivity index is 2.31. The van der Waals surface area contributed by atoms with Crippen LogP contribution in [0.5, 0.6) is 0 Å². The molecule has 0 fully saturated rings. The molecule has 2 rings (SSSR count). The molecule has 1 atom stereocenters. The quantitative estimate of drug-likeness (QED) is 0.781. The van der Waals surface area contributed by atoms with Crippen LogP contribution in [0.25, 0.3) is 5.65 Å². The molecule has 0 unspecified atom stereocenters. The molecule has 0 aliphatic heterocycles. The number of nitrogens with zero attached hydrogens (tertiary/aromatic N) is 3. The van der Waals surface area contributed by atoms with E-state index in [9.17, 15) is 4.79 Å². The number of carbonyl (C=O) groups is 1. The zero-order chi connectivity index (χ0) is 12.4. The van der Waals surface area contributed by atoms with Gasteiger partial charge in [-0.2, -0.15) is 5.26 Å². The van der Waals surface area contributed by atoms with Crippen LogP contribution in [-0.2, 0) is 11.2 Å². The van der Waals surface area contributed by atoms with Gasteiger partial charge in [0.2, 0.25) is 0 Å². The number of carboxylic acids is 1. The van der Waals surface area contributed by atoms with Crippen LogP contribution < -0.4 is 5.73 Å².